The average molecular weight is 321 g/mol. The fourth-order valence-corrected chi connectivity index (χ4v) is 4.34. The molecule has 1 amide bonds. The first-order valence-corrected chi connectivity index (χ1v) is 8.39. The van der Waals surface area contributed by atoms with Crippen LogP contribution in [-0.2, 0) is 10.2 Å². The zero-order valence-electron chi connectivity index (χ0n) is 13.0. The number of carbonyl (C=O) groups excluding carboxylic acids is 1. The van der Waals surface area contributed by atoms with Crippen LogP contribution in [0.1, 0.15) is 44.1 Å². The Kier molecular flexibility index (Phi) is 4.47. The first-order chi connectivity index (χ1) is 10.3. The van der Waals surface area contributed by atoms with E-state index in [-0.39, 0.29) is 17.8 Å². The second-order valence-electron chi connectivity index (χ2n) is 6.98. The van der Waals surface area contributed by atoms with Gasteiger partial charge in [0.25, 0.3) is 0 Å². The van der Waals surface area contributed by atoms with Crippen molar-refractivity contribution in [2.24, 2.45) is 0 Å². The van der Waals surface area contributed by atoms with Gasteiger partial charge >= 0.3 is 0 Å². The van der Waals surface area contributed by atoms with Gasteiger partial charge in [-0.05, 0) is 37.7 Å². The van der Waals surface area contributed by atoms with E-state index in [1.54, 1.807) is 0 Å². The molecule has 1 aromatic rings. The van der Waals surface area contributed by atoms with E-state index in [4.69, 9.17) is 0 Å². The highest BCUT2D eigenvalue weighted by Gasteiger charge is 2.48. The van der Waals surface area contributed by atoms with E-state index in [2.05, 4.69) is 34.5 Å². The Morgan fingerprint density at radius 3 is 2.50 bits per heavy atom. The van der Waals surface area contributed by atoms with E-state index in [1.165, 1.54) is 24.8 Å². The van der Waals surface area contributed by atoms with E-state index in [9.17, 15) is 4.79 Å². The van der Waals surface area contributed by atoms with Crippen LogP contribution in [0.25, 0.3) is 0 Å². The van der Waals surface area contributed by atoms with Gasteiger partial charge in [0.1, 0.15) is 0 Å². The molecule has 1 aliphatic carbocycles. The molecule has 1 N–H and O–H groups in total. The highest BCUT2D eigenvalue weighted by molar-refractivity contribution is 5.89. The topological polar surface area (TPSA) is 32.3 Å². The lowest BCUT2D eigenvalue weighted by Crippen LogP contribution is -2.53. The molecule has 2 bridgehead atoms. The minimum Gasteiger partial charge on any atom is -0.340 e. The van der Waals surface area contributed by atoms with Gasteiger partial charge in [0.05, 0.1) is 5.41 Å². The third kappa shape index (κ3) is 2.55. The van der Waals surface area contributed by atoms with Gasteiger partial charge in [0.15, 0.2) is 0 Å². The van der Waals surface area contributed by atoms with Gasteiger partial charge in [0, 0.05) is 25.2 Å². The molecule has 2 unspecified atom stereocenters. The van der Waals surface area contributed by atoms with Crippen molar-refractivity contribution < 1.29 is 4.79 Å². The van der Waals surface area contributed by atoms with Crippen LogP contribution in [0.15, 0.2) is 30.3 Å². The third-order valence-electron chi connectivity index (χ3n) is 5.75. The number of nitrogens with one attached hydrogen (secondary N) is 1. The zero-order valence-corrected chi connectivity index (χ0v) is 13.8. The first-order valence-electron chi connectivity index (χ1n) is 8.39. The number of benzene rings is 1. The summed E-state index contributed by atoms with van der Waals surface area (Å²) in [4.78, 5) is 15.4. The molecular weight excluding hydrogens is 296 g/mol. The number of carbonyl (C=O) groups is 1. The fraction of sp³-hybridized carbons (Fsp3) is 0.611. The normalized spacial score (nSPS) is 29.2. The summed E-state index contributed by atoms with van der Waals surface area (Å²) in [7, 11) is 0. The molecule has 0 aromatic heterocycles. The van der Waals surface area contributed by atoms with Gasteiger partial charge < -0.3 is 10.2 Å². The Morgan fingerprint density at radius 2 is 1.82 bits per heavy atom. The summed E-state index contributed by atoms with van der Waals surface area (Å²) in [5.41, 5.74) is 1.01. The van der Waals surface area contributed by atoms with Crippen LogP contribution >= 0.6 is 12.4 Å². The maximum absolute atomic E-state index is 13.2. The van der Waals surface area contributed by atoms with Crippen LogP contribution in [0.5, 0.6) is 0 Å². The first kappa shape index (κ1) is 15.8. The molecule has 1 aromatic carbocycles. The second-order valence-corrected chi connectivity index (χ2v) is 6.98. The summed E-state index contributed by atoms with van der Waals surface area (Å²) < 4.78 is 0. The third-order valence-corrected chi connectivity index (χ3v) is 5.75. The number of nitrogens with zero attached hydrogens (tertiary/aromatic N) is 1. The van der Waals surface area contributed by atoms with Gasteiger partial charge in [-0.25, -0.2) is 0 Å². The lowest BCUT2D eigenvalue weighted by Gasteiger charge is -2.44. The van der Waals surface area contributed by atoms with E-state index >= 15 is 0 Å². The Balaban J connectivity index is 0.00000144. The monoisotopic (exact) mass is 320 g/mol. The molecule has 22 heavy (non-hydrogen) atoms. The van der Waals surface area contributed by atoms with Gasteiger partial charge in [0.2, 0.25) is 5.91 Å². The molecule has 2 aliphatic heterocycles. The molecule has 0 spiro atoms. The molecule has 1 saturated carbocycles. The van der Waals surface area contributed by atoms with Crippen molar-refractivity contribution in [3.05, 3.63) is 35.9 Å². The van der Waals surface area contributed by atoms with Crippen molar-refractivity contribution in [3.8, 4) is 0 Å². The van der Waals surface area contributed by atoms with Crippen molar-refractivity contribution in [1.82, 2.24) is 10.2 Å². The van der Waals surface area contributed by atoms with Crippen molar-refractivity contribution in [3.63, 3.8) is 0 Å². The highest BCUT2D eigenvalue weighted by atomic mass is 35.5. The molecule has 2 saturated heterocycles. The summed E-state index contributed by atoms with van der Waals surface area (Å²) in [5.74, 6) is 0.384. The molecule has 0 radical (unpaired) electrons. The molecule has 3 nitrogen and oxygen atoms in total. The number of likely N-dealkylation sites (tertiary alicyclic amines) is 1. The summed E-state index contributed by atoms with van der Waals surface area (Å²) in [6.45, 7) is 1.84. The van der Waals surface area contributed by atoms with Gasteiger partial charge in [-0.15, -0.1) is 12.4 Å². The quantitative estimate of drug-likeness (QED) is 0.908. The number of hydrogen-bond acceptors (Lipinski definition) is 2. The Labute approximate surface area is 138 Å². The van der Waals surface area contributed by atoms with Crippen molar-refractivity contribution in [2.45, 2.75) is 56.0 Å². The van der Waals surface area contributed by atoms with Crippen LogP contribution in [0.4, 0.5) is 0 Å². The lowest BCUT2D eigenvalue weighted by atomic mass is 9.63. The molecule has 4 heteroatoms. The maximum Gasteiger partial charge on any atom is 0.233 e. The molecule has 3 aliphatic rings. The van der Waals surface area contributed by atoms with Crippen LogP contribution in [0, 0.1) is 0 Å². The maximum atomic E-state index is 13.2. The van der Waals surface area contributed by atoms with Crippen LogP contribution in [0.3, 0.4) is 0 Å². The Hall–Kier alpha value is -1.06. The van der Waals surface area contributed by atoms with E-state index in [0.29, 0.717) is 18.0 Å². The van der Waals surface area contributed by atoms with E-state index in [1.807, 2.05) is 6.07 Å². The van der Waals surface area contributed by atoms with Gasteiger partial charge in [-0.3, -0.25) is 4.79 Å². The minimum atomic E-state index is -0.217. The van der Waals surface area contributed by atoms with Crippen molar-refractivity contribution >= 4 is 18.3 Å². The molecule has 3 fully saturated rings. The Bertz CT molecular complexity index is 529. The largest absolute Gasteiger partial charge is 0.340 e. The van der Waals surface area contributed by atoms with Gasteiger partial charge in [-0.2, -0.15) is 0 Å². The fourth-order valence-electron chi connectivity index (χ4n) is 4.34. The molecule has 4 rings (SSSR count). The summed E-state index contributed by atoms with van der Waals surface area (Å²) in [6.07, 6.45) is 6.86. The number of rotatable bonds is 2. The summed E-state index contributed by atoms with van der Waals surface area (Å²) >= 11 is 0. The molecular formula is C18H25ClN2O. The SMILES string of the molecule is Cl.O=C(N1CCC2CCC(C1)N2)C1(c2ccccc2)CCC1. The molecule has 2 atom stereocenters. The zero-order chi connectivity index (χ0) is 14.3. The second kappa shape index (κ2) is 6.21. The number of halogens is 1. The number of fused-ring (bicyclic) bond motifs is 2. The minimum absolute atomic E-state index is 0. The standard InChI is InChI=1S/C18H24N2O.ClH/c21-17(20-12-9-15-7-8-16(13-20)19-15)18(10-4-11-18)14-5-2-1-3-6-14;/h1-3,5-6,15-16,19H,4,7-13H2;1H. The van der Waals surface area contributed by atoms with Crippen LogP contribution in [0.2, 0.25) is 0 Å². The highest BCUT2D eigenvalue weighted by Crippen LogP contribution is 2.45. The van der Waals surface area contributed by atoms with Crippen LogP contribution < -0.4 is 5.32 Å². The smallest absolute Gasteiger partial charge is 0.233 e. The molecule has 2 heterocycles. The van der Waals surface area contributed by atoms with Crippen LogP contribution in [-0.4, -0.2) is 36.0 Å². The van der Waals surface area contributed by atoms with Crippen molar-refractivity contribution in [1.29, 1.82) is 0 Å². The number of hydrogen-bond donors (Lipinski definition) is 1. The van der Waals surface area contributed by atoms with Crippen molar-refractivity contribution in [2.75, 3.05) is 13.1 Å². The summed E-state index contributed by atoms with van der Waals surface area (Å²) in [5, 5.41) is 3.67. The summed E-state index contributed by atoms with van der Waals surface area (Å²) in [6, 6.07) is 11.6. The van der Waals surface area contributed by atoms with Gasteiger partial charge in [-0.1, -0.05) is 36.8 Å². The lowest BCUT2D eigenvalue weighted by molar-refractivity contribution is -0.141. The predicted molar refractivity (Wildman–Crippen MR) is 90.4 cm³/mol. The Morgan fingerprint density at radius 1 is 1.09 bits per heavy atom. The van der Waals surface area contributed by atoms with E-state index < -0.39 is 0 Å². The average Bonchev–Trinajstić information content (AvgIpc) is 2.78. The molecule has 120 valence electrons. The number of amides is 1. The van der Waals surface area contributed by atoms with E-state index in [0.717, 1.165) is 32.4 Å². The predicted octanol–water partition coefficient (Wildman–Crippen LogP) is 2.88.